The number of hydrogen-bond donors (Lipinski definition) is 0. The molecule has 0 bridgehead atoms. The molecule has 14 heavy (non-hydrogen) atoms. The van der Waals surface area contributed by atoms with Gasteiger partial charge in [0.15, 0.2) is 0 Å². The largest absolute Gasteiger partial charge is 0.309 e. The van der Waals surface area contributed by atoms with Gasteiger partial charge in [-0.15, -0.1) is 0 Å². The summed E-state index contributed by atoms with van der Waals surface area (Å²) in [6.45, 7) is 6.71. The minimum atomic E-state index is 0.133. The van der Waals surface area contributed by atoms with Gasteiger partial charge in [-0.1, -0.05) is 26.8 Å². The molecule has 2 aliphatic rings. The Hall–Kier alpha value is -1.31. The summed E-state index contributed by atoms with van der Waals surface area (Å²) in [4.78, 5) is 6.40. The van der Waals surface area contributed by atoms with E-state index < -0.39 is 0 Å². The second kappa shape index (κ2) is 3.12. The van der Waals surface area contributed by atoms with Crippen LogP contribution in [0.4, 0.5) is 0 Å². The number of fused-ring (bicyclic) bond motifs is 1. The molecule has 0 N–H and O–H groups in total. The molecule has 0 fully saturated rings. The van der Waals surface area contributed by atoms with E-state index in [4.69, 9.17) is 0 Å². The fraction of sp³-hybridized carbons (Fsp3) is 0.417. The molecule has 2 rings (SSSR count). The highest BCUT2D eigenvalue weighted by Crippen LogP contribution is 2.36. The van der Waals surface area contributed by atoms with E-state index in [1.807, 2.05) is 23.4 Å². The molecule has 0 amide bonds. The zero-order chi connectivity index (χ0) is 10.2. The van der Waals surface area contributed by atoms with Gasteiger partial charge in [0.2, 0.25) is 0 Å². The fourth-order valence-electron chi connectivity index (χ4n) is 1.56. The molecule has 0 spiro atoms. The van der Waals surface area contributed by atoms with Gasteiger partial charge in [-0.2, -0.15) is 0 Å². The van der Waals surface area contributed by atoms with Crippen LogP contribution in [-0.4, -0.2) is 11.1 Å². The average molecular weight is 188 g/mol. The number of allylic oxidation sites excluding steroid dienone is 3. The van der Waals surface area contributed by atoms with Gasteiger partial charge in [0, 0.05) is 24.0 Å². The van der Waals surface area contributed by atoms with Crippen molar-refractivity contribution in [2.75, 3.05) is 0 Å². The first kappa shape index (κ1) is 9.25. The van der Waals surface area contributed by atoms with Crippen LogP contribution in [0.15, 0.2) is 41.4 Å². The molecule has 0 saturated carbocycles. The summed E-state index contributed by atoms with van der Waals surface area (Å²) in [5, 5.41) is 0. The molecule has 2 heteroatoms. The Kier molecular flexibility index (Phi) is 2.06. The summed E-state index contributed by atoms with van der Waals surface area (Å²) in [5.41, 5.74) is 0.133. The van der Waals surface area contributed by atoms with Crippen molar-refractivity contribution in [1.29, 1.82) is 0 Å². The Labute approximate surface area is 85.3 Å². The van der Waals surface area contributed by atoms with Gasteiger partial charge in [-0.25, -0.2) is 4.99 Å². The van der Waals surface area contributed by atoms with Crippen molar-refractivity contribution in [3.63, 3.8) is 0 Å². The van der Waals surface area contributed by atoms with Crippen molar-refractivity contribution in [2.45, 2.75) is 20.8 Å². The maximum Gasteiger partial charge on any atom is 0.133 e. The van der Waals surface area contributed by atoms with Gasteiger partial charge in [0.25, 0.3) is 0 Å². The Morgan fingerprint density at radius 1 is 1.36 bits per heavy atom. The van der Waals surface area contributed by atoms with Gasteiger partial charge in [0.05, 0.1) is 0 Å². The topological polar surface area (TPSA) is 15.6 Å². The molecule has 0 aromatic carbocycles. The average Bonchev–Trinajstić information content (AvgIpc) is 2.17. The van der Waals surface area contributed by atoms with Crippen LogP contribution >= 0.6 is 0 Å². The molecular formula is C12H16N2. The van der Waals surface area contributed by atoms with Crippen molar-refractivity contribution in [3.8, 4) is 0 Å². The van der Waals surface area contributed by atoms with E-state index >= 15 is 0 Å². The molecule has 2 heterocycles. The highest BCUT2D eigenvalue weighted by Gasteiger charge is 2.27. The molecule has 2 nitrogen and oxygen atoms in total. The Bertz CT molecular complexity index is 347. The first-order valence-electron chi connectivity index (χ1n) is 5.03. The standard InChI is InChI=1S/C12H16N2/c1-10(2)12(3)5-8-14-7-4-6-13-11(14)9-12/h4-10H,1-3H3. The van der Waals surface area contributed by atoms with Crippen molar-refractivity contribution < 1.29 is 0 Å². The van der Waals surface area contributed by atoms with Crippen LogP contribution in [0.1, 0.15) is 20.8 Å². The summed E-state index contributed by atoms with van der Waals surface area (Å²) < 4.78 is 0. The van der Waals surface area contributed by atoms with Crippen LogP contribution < -0.4 is 0 Å². The number of hydrogen-bond acceptors (Lipinski definition) is 2. The van der Waals surface area contributed by atoms with Crippen molar-refractivity contribution >= 4 is 6.21 Å². The quantitative estimate of drug-likeness (QED) is 0.617. The second-order valence-corrected chi connectivity index (χ2v) is 4.37. The van der Waals surface area contributed by atoms with Gasteiger partial charge in [-0.05, 0) is 18.1 Å². The van der Waals surface area contributed by atoms with Crippen LogP contribution in [0.2, 0.25) is 0 Å². The molecule has 0 aromatic rings. The summed E-state index contributed by atoms with van der Waals surface area (Å²) >= 11 is 0. The number of rotatable bonds is 1. The Morgan fingerprint density at radius 2 is 2.14 bits per heavy atom. The first-order valence-corrected chi connectivity index (χ1v) is 5.03. The molecule has 0 aliphatic carbocycles. The van der Waals surface area contributed by atoms with Gasteiger partial charge >= 0.3 is 0 Å². The van der Waals surface area contributed by atoms with E-state index in [1.165, 1.54) is 0 Å². The number of aliphatic imine (C=N–C) groups is 1. The van der Waals surface area contributed by atoms with E-state index in [0.29, 0.717) is 5.92 Å². The highest BCUT2D eigenvalue weighted by molar-refractivity contribution is 5.73. The monoisotopic (exact) mass is 188 g/mol. The highest BCUT2D eigenvalue weighted by atomic mass is 15.2. The molecule has 1 unspecified atom stereocenters. The summed E-state index contributed by atoms with van der Waals surface area (Å²) in [5.74, 6) is 1.63. The minimum Gasteiger partial charge on any atom is -0.309 e. The van der Waals surface area contributed by atoms with E-state index in [9.17, 15) is 0 Å². The van der Waals surface area contributed by atoms with Crippen LogP contribution in [0.25, 0.3) is 0 Å². The lowest BCUT2D eigenvalue weighted by atomic mass is 9.78. The van der Waals surface area contributed by atoms with E-state index in [1.54, 1.807) is 0 Å². The third kappa shape index (κ3) is 1.41. The molecule has 74 valence electrons. The normalized spacial score (nSPS) is 29.4. The SMILES string of the molecule is CC(C)C1(C)C=CN2C=CC=NC2=C1. The summed E-state index contributed by atoms with van der Waals surface area (Å²) in [7, 11) is 0. The molecule has 2 aliphatic heterocycles. The smallest absolute Gasteiger partial charge is 0.133 e. The molecule has 1 atom stereocenters. The maximum atomic E-state index is 4.35. The molecular weight excluding hydrogens is 172 g/mol. The van der Waals surface area contributed by atoms with E-state index in [0.717, 1.165) is 5.82 Å². The Balaban J connectivity index is 2.34. The third-order valence-electron chi connectivity index (χ3n) is 3.08. The molecule has 0 radical (unpaired) electrons. The molecule has 0 saturated heterocycles. The molecule has 0 aromatic heterocycles. The van der Waals surface area contributed by atoms with E-state index in [2.05, 4.69) is 44.1 Å². The van der Waals surface area contributed by atoms with Crippen LogP contribution in [0.5, 0.6) is 0 Å². The van der Waals surface area contributed by atoms with E-state index in [-0.39, 0.29) is 5.41 Å². The third-order valence-corrected chi connectivity index (χ3v) is 3.08. The van der Waals surface area contributed by atoms with Gasteiger partial charge < -0.3 is 4.90 Å². The zero-order valence-electron chi connectivity index (χ0n) is 8.94. The van der Waals surface area contributed by atoms with Gasteiger partial charge in [0.1, 0.15) is 5.82 Å². The Morgan fingerprint density at radius 3 is 2.86 bits per heavy atom. The van der Waals surface area contributed by atoms with Crippen molar-refractivity contribution in [2.24, 2.45) is 16.3 Å². The predicted molar refractivity (Wildman–Crippen MR) is 59.6 cm³/mol. The van der Waals surface area contributed by atoms with Crippen LogP contribution in [-0.2, 0) is 0 Å². The van der Waals surface area contributed by atoms with Crippen LogP contribution in [0.3, 0.4) is 0 Å². The number of nitrogens with zero attached hydrogens (tertiary/aromatic N) is 2. The predicted octanol–water partition coefficient (Wildman–Crippen LogP) is 2.92. The van der Waals surface area contributed by atoms with Crippen molar-refractivity contribution in [3.05, 3.63) is 36.4 Å². The fourth-order valence-corrected chi connectivity index (χ4v) is 1.56. The first-order chi connectivity index (χ1) is 6.62. The lowest BCUT2D eigenvalue weighted by Gasteiger charge is -2.34. The summed E-state index contributed by atoms with van der Waals surface area (Å²) in [6.07, 6.45) is 12.4. The van der Waals surface area contributed by atoms with Crippen LogP contribution in [0, 0.1) is 11.3 Å². The second-order valence-electron chi connectivity index (χ2n) is 4.37. The summed E-state index contributed by atoms with van der Waals surface area (Å²) in [6, 6.07) is 0. The maximum absolute atomic E-state index is 4.35. The van der Waals surface area contributed by atoms with Gasteiger partial charge in [-0.3, -0.25) is 0 Å². The minimum absolute atomic E-state index is 0.133. The van der Waals surface area contributed by atoms with Crippen molar-refractivity contribution in [1.82, 2.24) is 4.90 Å². The lowest BCUT2D eigenvalue weighted by Crippen LogP contribution is -2.26. The zero-order valence-corrected chi connectivity index (χ0v) is 8.94. The lowest BCUT2D eigenvalue weighted by molar-refractivity contribution is 0.358.